The molecule has 0 heterocycles. The van der Waals surface area contributed by atoms with Gasteiger partial charge in [-0.05, 0) is 75.9 Å². The number of anilines is 1. The van der Waals surface area contributed by atoms with Crippen LogP contribution in [-0.2, 0) is 26.2 Å². The van der Waals surface area contributed by atoms with Crippen molar-refractivity contribution >= 4 is 39.3 Å². The Balaban J connectivity index is 2.09. The minimum Gasteiger partial charge on any atom is -0.492 e. The number of nitrogens with zero attached hydrogens (tertiary/aromatic N) is 2. The smallest absolute Gasteiger partial charge is 0.264 e. The van der Waals surface area contributed by atoms with Crippen molar-refractivity contribution in [2.75, 3.05) is 23.7 Å². The molecule has 226 valence electrons. The van der Waals surface area contributed by atoms with E-state index in [0.717, 1.165) is 9.20 Å². The monoisotopic (exact) mass is 615 g/mol. The number of carbonyl (C=O) groups excluding carboxylic acids is 2. The number of carbonyl (C=O) groups is 2. The average Bonchev–Trinajstić information content (AvgIpc) is 2.99. The third kappa shape index (κ3) is 8.04. The summed E-state index contributed by atoms with van der Waals surface area (Å²) in [6.45, 7) is 6.47. The van der Waals surface area contributed by atoms with Crippen molar-refractivity contribution in [2.24, 2.45) is 0 Å². The Bertz CT molecular complexity index is 1470. The van der Waals surface area contributed by atoms with Gasteiger partial charge in [-0.25, -0.2) is 12.8 Å². The second-order valence-corrected chi connectivity index (χ2v) is 12.4. The van der Waals surface area contributed by atoms with Crippen LogP contribution in [0, 0.1) is 5.82 Å². The number of halogens is 1. The van der Waals surface area contributed by atoms with Crippen LogP contribution in [0.4, 0.5) is 10.1 Å². The standard InChI is InChI=1S/C31H38FN3O5S2/c1-6-22(3)33-31(37)23(4)34(20-24-12-8-9-13-27(24)32)30(36)21-35(28-14-10-11-15-29(28)40-7-2)42(38,39)26-18-16-25(41-5)17-19-26/h8-19,22-23H,6-7,20-21H2,1-5H3,(H,33,37)/t22-,23-/m1/s1. The van der Waals surface area contributed by atoms with E-state index >= 15 is 0 Å². The van der Waals surface area contributed by atoms with Crippen LogP contribution in [0.1, 0.15) is 39.7 Å². The average molecular weight is 616 g/mol. The Morgan fingerprint density at radius 1 is 0.976 bits per heavy atom. The molecule has 1 N–H and O–H groups in total. The SMILES string of the molecule is CCOc1ccccc1N(CC(=O)N(Cc1ccccc1F)[C@H](C)C(=O)N[C@H](C)CC)S(=O)(=O)c1ccc(SC)cc1. The van der Waals surface area contributed by atoms with E-state index in [9.17, 15) is 22.4 Å². The van der Waals surface area contributed by atoms with Crippen molar-refractivity contribution in [2.45, 2.75) is 62.5 Å². The molecule has 42 heavy (non-hydrogen) atoms. The summed E-state index contributed by atoms with van der Waals surface area (Å²) < 4.78 is 49.6. The molecule has 11 heteroatoms. The van der Waals surface area contributed by atoms with Gasteiger partial charge in [-0.3, -0.25) is 13.9 Å². The zero-order chi connectivity index (χ0) is 30.9. The molecule has 3 aromatic rings. The van der Waals surface area contributed by atoms with Crippen LogP contribution in [0.15, 0.2) is 82.6 Å². The Labute approximate surface area is 252 Å². The molecule has 8 nitrogen and oxygen atoms in total. The van der Waals surface area contributed by atoms with Gasteiger partial charge in [0, 0.05) is 23.0 Å². The molecule has 0 radical (unpaired) electrons. The Kier molecular flexibility index (Phi) is 11.8. The van der Waals surface area contributed by atoms with Gasteiger partial charge >= 0.3 is 0 Å². The topological polar surface area (TPSA) is 96.0 Å². The van der Waals surface area contributed by atoms with Crippen molar-refractivity contribution in [1.29, 1.82) is 0 Å². The van der Waals surface area contributed by atoms with E-state index < -0.39 is 40.2 Å². The Morgan fingerprint density at radius 3 is 2.24 bits per heavy atom. The summed E-state index contributed by atoms with van der Waals surface area (Å²) in [6, 6.07) is 17.7. The lowest BCUT2D eigenvalue weighted by Gasteiger charge is -2.33. The first kappa shape index (κ1) is 32.9. The molecule has 0 unspecified atom stereocenters. The van der Waals surface area contributed by atoms with Gasteiger partial charge in [0.1, 0.15) is 24.2 Å². The molecule has 0 fully saturated rings. The highest BCUT2D eigenvalue weighted by atomic mass is 32.2. The molecular formula is C31H38FN3O5S2. The van der Waals surface area contributed by atoms with Gasteiger partial charge in [-0.15, -0.1) is 11.8 Å². The molecule has 0 spiro atoms. The summed E-state index contributed by atoms with van der Waals surface area (Å²) in [7, 11) is -4.28. The van der Waals surface area contributed by atoms with E-state index in [-0.39, 0.29) is 41.1 Å². The first-order valence-corrected chi connectivity index (χ1v) is 16.4. The fourth-order valence-electron chi connectivity index (χ4n) is 4.19. The fourth-order valence-corrected chi connectivity index (χ4v) is 6.02. The fraction of sp³-hybridized carbons (Fsp3) is 0.355. The van der Waals surface area contributed by atoms with Gasteiger partial charge in [0.05, 0.1) is 17.2 Å². The van der Waals surface area contributed by atoms with Gasteiger partial charge in [-0.2, -0.15) is 0 Å². The molecule has 0 bridgehead atoms. The van der Waals surface area contributed by atoms with Crippen LogP contribution in [0.25, 0.3) is 0 Å². The summed E-state index contributed by atoms with van der Waals surface area (Å²) in [5.74, 6) is -1.36. The van der Waals surface area contributed by atoms with Gasteiger partial charge in [-0.1, -0.05) is 37.3 Å². The summed E-state index contributed by atoms with van der Waals surface area (Å²) in [5, 5.41) is 2.86. The number of sulfonamides is 1. The second kappa shape index (κ2) is 15.1. The van der Waals surface area contributed by atoms with Crippen molar-refractivity contribution in [3.8, 4) is 5.75 Å². The highest BCUT2D eigenvalue weighted by molar-refractivity contribution is 7.98. The normalized spacial score (nSPS) is 12.7. The van der Waals surface area contributed by atoms with Crippen molar-refractivity contribution in [3.05, 3.63) is 84.2 Å². The van der Waals surface area contributed by atoms with Gasteiger partial charge in [0.15, 0.2) is 0 Å². The predicted molar refractivity (Wildman–Crippen MR) is 165 cm³/mol. The molecule has 0 saturated carbocycles. The van der Waals surface area contributed by atoms with E-state index in [1.54, 1.807) is 56.3 Å². The highest BCUT2D eigenvalue weighted by Crippen LogP contribution is 2.33. The number of ether oxygens (including phenoxy) is 1. The lowest BCUT2D eigenvalue weighted by Crippen LogP contribution is -2.52. The molecule has 0 aromatic heterocycles. The number of hydrogen-bond acceptors (Lipinski definition) is 6. The minimum atomic E-state index is -4.28. The van der Waals surface area contributed by atoms with E-state index in [2.05, 4.69) is 5.32 Å². The molecule has 2 atom stereocenters. The molecule has 2 amide bonds. The zero-order valence-electron chi connectivity index (χ0n) is 24.5. The summed E-state index contributed by atoms with van der Waals surface area (Å²) in [5.41, 5.74) is 0.370. The number of benzene rings is 3. The van der Waals surface area contributed by atoms with Crippen LogP contribution >= 0.6 is 11.8 Å². The maximum absolute atomic E-state index is 14.7. The molecule has 0 aliphatic heterocycles. The van der Waals surface area contributed by atoms with Gasteiger partial charge < -0.3 is 15.0 Å². The quantitative estimate of drug-likeness (QED) is 0.242. The Morgan fingerprint density at radius 2 is 1.62 bits per heavy atom. The molecule has 0 aliphatic rings. The first-order chi connectivity index (χ1) is 20.0. The second-order valence-electron chi connectivity index (χ2n) is 9.69. The number of para-hydroxylation sites is 2. The summed E-state index contributed by atoms with van der Waals surface area (Å²) in [6.07, 6.45) is 2.56. The van der Waals surface area contributed by atoms with Gasteiger partial charge in [0.2, 0.25) is 11.8 Å². The Hall–Kier alpha value is -3.57. The third-order valence-corrected chi connectivity index (χ3v) is 9.34. The lowest BCUT2D eigenvalue weighted by atomic mass is 10.1. The van der Waals surface area contributed by atoms with E-state index in [4.69, 9.17) is 4.74 Å². The van der Waals surface area contributed by atoms with Crippen LogP contribution < -0.4 is 14.4 Å². The summed E-state index contributed by atoms with van der Waals surface area (Å²) >= 11 is 1.47. The number of rotatable bonds is 14. The zero-order valence-corrected chi connectivity index (χ0v) is 26.2. The maximum atomic E-state index is 14.7. The number of amides is 2. The number of hydrogen-bond donors (Lipinski definition) is 1. The highest BCUT2D eigenvalue weighted by Gasteiger charge is 2.34. The van der Waals surface area contributed by atoms with E-state index in [0.29, 0.717) is 6.42 Å². The molecule has 0 saturated heterocycles. The van der Waals surface area contributed by atoms with Crippen LogP contribution in [-0.4, -0.2) is 56.6 Å². The predicted octanol–water partition coefficient (Wildman–Crippen LogP) is 5.47. The third-order valence-electron chi connectivity index (χ3n) is 6.83. The van der Waals surface area contributed by atoms with E-state index in [1.165, 1.54) is 47.0 Å². The molecule has 0 aliphatic carbocycles. The molecular weight excluding hydrogens is 577 g/mol. The summed E-state index contributed by atoms with van der Waals surface area (Å²) in [4.78, 5) is 29.3. The molecule has 3 rings (SSSR count). The number of nitrogens with one attached hydrogen (secondary N) is 1. The van der Waals surface area contributed by atoms with Crippen molar-refractivity contribution in [3.63, 3.8) is 0 Å². The van der Waals surface area contributed by atoms with Crippen LogP contribution in [0.2, 0.25) is 0 Å². The van der Waals surface area contributed by atoms with Gasteiger partial charge in [0.25, 0.3) is 10.0 Å². The maximum Gasteiger partial charge on any atom is 0.264 e. The van der Waals surface area contributed by atoms with Crippen LogP contribution in [0.5, 0.6) is 5.75 Å². The van der Waals surface area contributed by atoms with Crippen LogP contribution in [0.3, 0.4) is 0 Å². The first-order valence-electron chi connectivity index (χ1n) is 13.7. The number of thioether (sulfide) groups is 1. The molecule has 3 aromatic carbocycles. The largest absolute Gasteiger partial charge is 0.492 e. The van der Waals surface area contributed by atoms with Crippen molar-refractivity contribution < 1.29 is 27.1 Å². The van der Waals surface area contributed by atoms with Crippen molar-refractivity contribution in [1.82, 2.24) is 10.2 Å². The minimum absolute atomic E-state index is 0.0115. The van der Waals surface area contributed by atoms with E-state index in [1.807, 2.05) is 20.1 Å². The lowest BCUT2D eigenvalue weighted by molar-refractivity contribution is -0.139.